The van der Waals surface area contributed by atoms with E-state index in [1.807, 2.05) is 24.3 Å². The molecule has 0 aliphatic heterocycles. The van der Waals surface area contributed by atoms with Gasteiger partial charge < -0.3 is 33.6 Å². The van der Waals surface area contributed by atoms with E-state index in [-0.39, 0.29) is 23.7 Å². The van der Waals surface area contributed by atoms with Crippen LogP contribution in [0.4, 0.5) is 11.4 Å². The maximum atomic E-state index is 12.2. The van der Waals surface area contributed by atoms with E-state index in [9.17, 15) is 9.59 Å². The van der Waals surface area contributed by atoms with E-state index in [0.29, 0.717) is 48.5 Å². The zero-order chi connectivity index (χ0) is 26.5. The third-order valence-corrected chi connectivity index (χ3v) is 4.86. The van der Waals surface area contributed by atoms with Gasteiger partial charge in [0.2, 0.25) is 23.7 Å². The summed E-state index contributed by atoms with van der Waals surface area (Å²) in [5, 5.41) is 20.7. The summed E-state index contributed by atoms with van der Waals surface area (Å²) >= 11 is 0. The highest BCUT2D eigenvalue weighted by Crippen LogP contribution is 2.14. The summed E-state index contributed by atoms with van der Waals surface area (Å²) in [5.41, 5.74) is 25.3. The lowest BCUT2D eigenvalue weighted by Gasteiger charge is -2.08. The molecule has 12 heteroatoms. The lowest BCUT2D eigenvalue weighted by molar-refractivity contribution is -0.118. The lowest BCUT2D eigenvalue weighted by Crippen LogP contribution is -2.22. The number of rotatable bonds is 11. The molecule has 0 bridgehead atoms. The van der Waals surface area contributed by atoms with E-state index in [4.69, 9.17) is 22.9 Å². The van der Waals surface area contributed by atoms with Crippen LogP contribution < -0.4 is 33.6 Å². The molecule has 0 saturated heterocycles. The van der Waals surface area contributed by atoms with Crippen molar-refractivity contribution in [2.75, 3.05) is 10.6 Å². The number of carbonyl (C=O) groups is 2. The quantitative estimate of drug-likeness (QED) is 0.119. The van der Waals surface area contributed by atoms with Crippen molar-refractivity contribution in [2.24, 2.45) is 43.3 Å². The first-order valence-electron chi connectivity index (χ1n) is 11.2. The van der Waals surface area contributed by atoms with Gasteiger partial charge in [-0.25, -0.2) is 0 Å². The molecule has 0 atom stereocenters. The number of anilines is 2. The summed E-state index contributed by atoms with van der Waals surface area (Å²) in [6, 6.07) is 14.3. The Morgan fingerprint density at radius 2 is 0.944 bits per heavy atom. The van der Waals surface area contributed by atoms with Crippen molar-refractivity contribution in [3.63, 3.8) is 0 Å². The average molecular weight is 493 g/mol. The number of unbranched alkanes of at least 4 members (excludes halogenated alkanes) is 1. The normalized spacial score (nSPS) is 11.4. The molecule has 0 spiro atoms. The zero-order valence-corrected chi connectivity index (χ0v) is 20.4. The van der Waals surface area contributed by atoms with Crippen LogP contribution in [0.5, 0.6) is 0 Å². The fraction of sp³-hybridized carbons (Fsp3) is 0.250. The van der Waals surface area contributed by atoms with Gasteiger partial charge in [0.1, 0.15) is 0 Å². The predicted octanol–water partition coefficient (Wildman–Crippen LogP) is 1.82. The topological polar surface area (TPSA) is 212 Å². The van der Waals surface area contributed by atoms with Crippen molar-refractivity contribution < 1.29 is 9.59 Å². The monoisotopic (exact) mass is 492 g/mol. The average Bonchev–Trinajstić information content (AvgIpc) is 2.84. The van der Waals surface area contributed by atoms with Gasteiger partial charge in [0.25, 0.3) is 0 Å². The Balaban J connectivity index is 1.72. The Labute approximate surface area is 209 Å². The van der Waals surface area contributed by atoms with Crippen LogP contribution in [0.25, 0.3) is 0 Å². The Hall–Kier alpha value is -4.74. The number of hydrogen-bond acceptors (Lipinski definition) is 6. The highest BCUT2D eigenvalue weighted by atomic mass is 16.2. The first-order chi connectivity index (χ1) is 17.1. The molecule has 0 aliphatic rings. The summed E-state index contributed by atoms with van der Waals surface area (Å²) in [6.07, 6.45) is 1.79. The molecular formula is C24H32N10O2. The van der Waals surface area contributed by atoms with E-state index >= 15 is 0 Å². The van der Waals surface area contributed by atoms with Crippen molar-refractivity contribution >= 4 is 46.5 Å². The van der Waals surface area contributed by atoms with E-state index in [1.54, 1.807) is 38.1 Å². The number of benzene rings is 2. The van der Waals surface area contributed by atoms with Gasteiger partial charge in [0.05, 0.1) is 11.4 Å². The number of hydrogen-bond donors (Lipinski definition) is 6. The van der Waals surface area contributed by atoms with Gasteiger partial charge in [-0.1, -0.05) is 24.3 Å². The molecule has 2 amide bonds. The molecule has 10 N–H and O–H groups in total. The minimum atomic E-state index is -0.123. The van der Waals surface area contributed by atoms with Crippen LogP contribution in [0.1, 0.15) is 50.7 Å². The van der Waals surface area contributed by atoms with Gasteiger partial charge in [0, 0.05) is 24.2 Å². The van der Waals surface area contributed by atoms with Crippen LogP contribution in [-0.2, 0) is 9.59 Å². The molecule has 0 fully saturated rings. The molecule has 36 heavy (non-hydrogen) atoms. The number of amides is 2. The molecule has 0 radical (unpaired) electrons. The summed E-state index contributed by atoms with van der Waals surface area (Å²) in [5.74, 6) is -0.482. The van der Waals surface area contributed by atoms with Crippen molar-refractivity contribution in [3.05, 3.63) is 59.7 Å². The SMILES string of the molecule is C/C(=N\N=C(N)N)c1ccc(NC(=O)CCCCC(=O)Nc2ccc(/C(C)=N/N=C(N)N)cc2)cc1. The van der Waals surface area contributed by atoms with E-state index in [0.717, 1.165) is 11.1 Å². The Morgan fingerprint density at radius 1 is 0.611 bits per heavy atom. The smallest absolute Gasteiger partial charge is 0.224 e. The van der Waals surface area contributed by atoms with Crippen molar-refractivity contribution in [2.45, 2.75) is 39.5 Å². The third kappa shape index (κ3) is 10.0. The molecule has 0 heterocycles. The largest absolute Gasteiger partial charge is 0.369 e. The van der Waals surface area contributed by atoms with E-state index in [2.05, 4.69) is 31.0 Å². The second kappa shape index (κ2) is 13.8. The van der Waals surface area contributed by atoms with Crippen molar-refractivity contribution in [3.8, 4) is 0 Å². The number of nitrogens with one attached hydrogen (secondary N) is 2. The first kappa shape index (κ1) is 27.5. The molecular weight excluding hydrogens is 460 g/mol. The molecule has 2 aromatic rings. The summed E-state index contributed by atoms with van der Waals surface area (Å²) < 4.78 is 0. The third-order valence-electron chi connectivity index (χ3n) is 4.86. The van der Waals surface area contributed by atoms with Crippen LogP contribution in [0.2, 0.25) is 0 Å². The van der Waals surface area contributed by atoms with Gasteiger partial charge in [0.15, 0.2) is 0 Å². The van der Waals surface area contributed by atoms with Crippen LogP contribution >= 0.6 is 0 Å². The molecule has 2 rings (SSSR count). The molecule has 0 saturated carbocycles. The van der Waals surface area contributed by atoms with Gasteiger partial charge in [-0.3, -0.25) is 9.59 Å². The van der Waals surface area contributed by atoms with Crippen LogP contribution in [0, 0.1) is 0 Å². The molecule has 0 aliphatic carbocycles. The van der Waals surface area contributed by atoms with Gasteiger partial charge in [-0.05, 0) is 62.1 Å². The summed E-state index contributed by atoms with van der Waals surface area (Å²) in [7, 11) is 0. The van der Waals surface area contributed by atoms with Crippen molar-refractivity contribution in [1.82, 2.24) is 0 Å². The fourth-order valence-electron chi connectivity index (χ4n) is 2.99. The second-order valence-electron chi connectivity index (χ2n) is 7.88. The van der Waals surface area contributed by atoms with Crippen LogP contribution in [0.3, 0.4) is 0 Å². The highest BCUT2D eigenvalue weighted by molar-refractivity contribution is 6.00. The molecule has 0 unspecified atom stereocenters. The van der Waals surface area contributed by atoms with Gasteiger partial charge in [-0.2, -0.15) is 10.2 Å². The van der Waals surface area contributed by atoms with Crippen LogP contribution in [-0.4, -0.2) is 35.2 Å². The number of guanidine groups is 2. The zero-order valence-electron chi connectivity index (χ0n) is 20.4. The second-order valence-corrected chi connectivity index (χ2v) is 7.88. The van der Waals surface area contributed by atoms with Crippen LogP contribution in [0.15, 0.2) is 68.9 Å². The Kier molecular flexibility index (Phi) is 10.6. The Morgan fingerprint density at radius 3 is 1.25 bits per heavy atom. The minimum absolute atomic E-state index is 0.118. The fourth-order valence-corrected chi connectivity index (χ4v) is 2.99. The van der Waals surface area contributed by atoms with E-state index < -0.39 is 0 Å². The lowest BCUT2D eigenvalue weighted by atomic mass is 10.1. The maximum absolute atomic E-state index is 12.2. The van der Waals surface area contributed by atoms with Gasteiger partial charge >= 0.3 is 0 Å². The number of nitrogens with zero attached hydrogens (tertiary/aromatic N) is 4. The molecule has 190 valence electrons. The summed E-state index contributed by atoms with van der Waals surface area (Å²) in [4.78, 5) is 24.4. The number of nitrogens with two attached hydrogens (primary N) is 4. The standard InChI is InChI=1S/C24H32N10O2/c1-15(31-33-23(25)26)17-7-11-19(12-8-17)29-21(35)5-3-4-6-22(36)30-20-13-9-18(10-14-20)16(2)32-34-24(27)28/h7-14H,3-6H2,1-2H3,(H,29,35)(H,30,36)(H4,25,26,33)(H4,27,28,34)/b31-15+,32-16+. The molecule has 2 aromatic carbocycles. The number of carbonyl (C=O) groups excluding carboxylic acids is 2. The Bertz CT molecular complexity index is 1060. The van der Waals surface area contributed by atoms with Gasteiger partial charge in [-0.15, -0.1) is 10.2 Å². The molecule has 12 nitrogen and oxygen atoms in total. The first-order valence-corrected chi connectivity index (χ1v) is 11.2. The molecule has 0 aromatic heterocycles. The summed E-state index contributed by atoms with van der Waals surface area (Å²) in [6.45, 7) is 3.55. The predicted molar refractivity (Wildman–Crippen MR) is 145 cm³/mol. The van der Waals surface area contributed by atoms with Crippen molar-refractivity contribution in [1.29, 1.82) is 0 Å². The highest BCUT2D eigenvalue weighted by Gasteiger charge is 2.07. The minimum Gasteiger partial charge on any atom is -0.369 e. The van der Waals surface area contributed by atoms with E-state index in [1.165, 1.54) is 0 Å². The maximum Gasteiger partial charge on any atom is 0.224 e.